The molecule has 1 saturated heterocycles. The first-order valence-corrected chi connectivity index (χ1v) is 15.1. The van der Waals surface area contributed by atoms with E-state index in [0.29, 0.717) is 27.9 Å². The molecule has 1 amide bonds. The molecule has 0 saturated carbocycles. The second kappa shape index (κ2) is 10.6. The number of fused-ring (bicyclic) bond motifs is 1. The Morgan fingerprint density at radius 2 is 1.85 bits per heavy atom. The quantitative estimate of drug-likeness (QED) is 0.244. The summed E-state index contributed by atoms with van der Waals surface area (Å²) in [6, 6.07) is 22.5. The van der Waals surface area contributed by atoms with Crippen molar-refractivity contribution in [3.63, 3.8) is 0 Å². The van der Waals surface area contributed by atoms with E-state index >= 15 is 0 Å². The van der Waals surface area contributed by atoms with Crippen molar-refractivity contribution in [2.75, 3.05) is 0 Å². The third-order valence-electron chi connectivity index (χ3n) is 7.15. The number of rotatable bonds is 6. The van der Waals surface area contributed by atoms with E-state index in [9.17, 15) is 9.59 Å². The van der Waals surface area contributed by atoms with Crippen LogP contribution in [0.4, 0.5) is 0 Å². The number of para-hydroxylation sites is 1. The minimum absolute atomic E-state index is 0.0567. The predicted molar refractivity (Wildman–Crippen MR) is 157 cm³/mol. The Balaban J connectivity index is 1.33. The molecule has 1 N–H and O–H groups in total. The van der Waals surface area contributed by atoms with Gasteiger partial charge in [-0.15, -0.1) is 11.8 Å². The van der Waals surface area contributed by atoms with Crippen molar-refractivity contribution in [3.05, 3.63) is 105 Å². The van der Waals surface area contributed by atoms with Crippen molar-refractivity contribution >= 4 is 46.4 Å². The standard InChI is InChI=1S/C31H27ClN2O4S2/c1-30(2)17-24(20-8-3-5-10-23(20)38-30)37-27-13-7-12-26(33-27)31(19-14-15-39-18-19)16-22(35)28(29(36)34-31)40-25-11-6-4-9-21(25)32/h3-15,18,24,28H,16-17H2,1-2H3,(H,34,36). The van der Waals surface area contributed by atoms with Crippen molar-refractivity contribution in [1.82, 2.24) is 10.3 Å². The molecule has 6 nitrogen and oxygen atoms in total. The Labute approximate surface area is 246 Å². The molecule has 0 aliphatic carbocycles. The number of carbonyl (C=O) groups excluding carboxylic acids is 2. The van der Waals surface area contributed by atoms with Crippen LogP contribution in [-0.4, -0.2) is 27.5 Å². The van der Waals surface area contributed by atoms with Gasteiger partial charge in [0.25, 0.3) is 0 Å². The SMILES string of the molecule is CC1(C)CC(Oc2cccc(C3(c4ccsc4)CC(=O)C(Sc4ccccc4Cl)C(=O)N3)n2)c2ccccc2O1. The van der Waals surface area contributed by atoms with E-state index in [4.69, 9.17) is 26.1 Å². The molecule has 204 valence electrons. The highest BCUT2D eigenvalue weighted by atomic mass is 35.5. The molecule has 2 aromatic heterocycles. The summed E-state index contributed by atoms with van der Waals surface area (Å²) in [7, 11) is 0. The molecule has 9 heteroatoms. The van der Waals surface area contributed by atoms with Gasteiger partial charge in [0.15, 0.2) is 5.78 Å². The minimum atomic E-state index is -1.11. The van der Waals surface area contributed by atoms with E-state index in [1.54, 1.807) is 12.1 Å². The lowest BCUT2D eigenvalue weighted by Crippen LogP contribution is -2.58. The summed E-state index contributed by atoms with van der Waals surface area (Å²) in [5, 5.41) is 6.65. The van der Waals surface area contributed by atoms with Gasteiger partial charge >= 0.3 is 0 Å². The lowest BCUT2D eigenvalue weighted by atomic mass is 9.79. The van der Waals surface area contributed by atoms with E-state index in [0.717, 1.165) is 16.9 Å². The molecule has 2 aliphatic rings. The zero-order valence-corrected chi connectivity index (χ0v) is 24.3. The number of carbonyl (C=O) groups is 2. The summed E-state index contributed by atoms with van der Waals surface area (Å²) in [6.45, 7) is 4.07. The largest absolute Gasteiger partial charge is 0.487 e. The highest BCUT2D eigenvalue weighted by molar-refractivity contribution is 8.01. The lowest BCUT2D eigenvalue weighted by Gasteiger charge is -2.39. The normalized spacial score (nSPS) is 23.6. The Hall–Kier alpha value is -3.33. The highest BCUT2D eigenvalue weighted by Gasteiger charge is 2.49. The smallest absolute Gasteiger partial charge is 0.242 e. The van der Waals surface area contributed by atoms with E-state index in [2.05, 4.69) is 5.32 Å². The molecule has 4 aromatic rings. The molecule has 2 aliphatic heterocycles. The van der Waals surface area contributed by atoms with Crippen molar-refractivity contribution < 1.29 is 19.1 Å². The molecule has 6 rings (SSSR count). The van der Waals surface area contributed by atoms with Crippen LogP contribution < -0.4 is 14.8 Å². The maximum absolute atomic E-state index is 13.6. The average molecular weight is 591 g/mol. The zero-order valence-electron chi connectivity index (χ0n) is 21.9. The molecule has 0 radical (unpaired) electrons. The molecule has 1 fully saturated rings. The zero-order chi connectivity index (χ0) is 27.9. The number of amides is 1. The van der Waals surface area contributed by atoms with Crippen LogP contribution in [-0.2, 0) is 15.1 Å². The predicted octanol–water partition coefficient (Wildman–Crippen LogP) is 6.97. The fourth-order valence-corrected chi connectivity index (χ4v) is 7.27. The number of ketones is 1. The number of pyridine rings is 1. The van der Waals surface area contributed by atoms with Crippen molar-refractivity contribution in [3.8, 4) is 11.6 Å². The lowest BCUT2D eigenvalue weighted by molar-refractivity contribution is -0.133. The average Bonchev–Trinajstić information content (AvgIpc) is 3.47. The van der Waals surface area contributed by atoms with Crippen LogP contribution in [0.5, 0.6) is 11.6 Å². The van der Waals surface area contributed by atoms with Crippen LogP contribution in [0, 0.1) is 0 Å². The minimum Gasteiger partial charge on any atom is -0.487 e. The van der Waals surface area contributed by atoms with E-state index in [1.807, 2.05) is 85.3 Å². The van der Waals surface area contributed by atoms with Crippen LogP contribution in [0.25, 0.3) is 0 Å². The molecular formula is C31H27ClN2O4S2. The van der Waals surface area contributed by atoms with Crippen molar-refractivity contribution in [2.24, 2.45) is 0 Å². The molecule has 0 spiro atoms. The number of nitrogens with one attached hydrogen (secondary N) is 1. The summed E-state index contributed by atoms with van der Waals surface area (Å²) < 4.78 is 12.6. The maximum Gasteiger partial charge on any atom is 0.242 e. The number of thiophene rings is 1. The van der Waals surface area contributed by atoms with Gasteiger partial charge in [0.2, 0.25) is 11.8 Å². The summed E-state index contributed by atoms with van der Waals surface area (Å²) >= 11 is 9.00. The molecular weight excluding hydrogens is 564 g/mol. The van der Waals surface area contributed by atoms with Crippen LogP contribution in [0.1, 0.15) is 49.6 Å². The third-order valence-corrected chi connectivity index (χ3v) is 9.60. The fraction of sp³-hybridized carbons (Fsp3) is 0.258. The maximum atomic E-state index is 13.6. The Morgan fingerprint density at radius 3 is 2.62 bits per heavy atom. The number of halogens is 1. The van der Waals surface area contributed by atoms with Gasteiger partial charge in [-0.2, -0.15) is 11.3 Å². The highest BCUT2D eigenvalue weighted by Crippen LogP contribution is 2.43. The number of aromatic nitrogens is 1. The summed E-state index contributed by atoms with van der Waals surface area (Å²) in [5.41, 5.74) is 0.792. The van der Waals surface area contributed by atoms with Crippen molar-refractivity contribution in [2.45, 2.75) is 54.1 Å². The Bertz CT molecular complexity index is 1560. The summed E-state index contributed by atoms with van der Waals surface area (Å²) in [6.07, 6.45) is 0.432. The first kappa shape index (κ1) is 26.9. The van der Waals surface area contributed by atoms with Gasteiger partial charge in [-0.05, 0) is 60.5 Å². The number of hydrogen-bond donors (Lipinski definition) is 1. The van der Waals surface area contributed by atoms with Gasteiger partial charge in [0, 0.05) is 29.4 Å². The second-order valence-corrected chi connectivity index (χ2v) is 12.9. The number of hydrogen-bond acceptors (Lipinski definition) is 7. The molecule has 3 atom stereocenters. The topological polar surface area (TPSA) is 77.5 Å². The van der Waals surface area contributed by atoms with Gasteiger partial charge < -0.3 is 14.8 Å². The van der Waals surface area contributed by atoms with Crippen LogP contribution in [0.2, 0.25) is 5.02 Å². The molecule has 40 heavy (non-hydrogen) atoms. The fourth-order valence-electron chi connectivity index (χ4n) is 5.30. The second-order valence-electron chi connectivity index (χ2n) is 10.5. The van der Waals surface area contributed by atoms with Gasteiger partial charge in [0.05, 0.1) is 10.7 Å². The first-order valence-electron chi connectivity index (χ1n) is 12.9. The van der Waals surface area contributed by atoms with E-state index in [-0.39, 0.29) is 24.2 Å². The van der Waals surface area contributed by atoms with Crippen LogP contribution in [0.15, 0.2) is 88.5 Å². The van der Waals surface area contributed by atoms with Crippen LogP contribution >= 0.6 is 34.7 Å². The summed E-state index contributed by atoms with van der Waals surface area (Å²) in [5.74, 6) is 0.648. The number of ether oxygens (including phenoxy) is 2. The number of nitrogens with zero attached hydrogens (tertiary/aromatic N) is 1. The summed E-state index contributed by atoms with van der Waals surface area (Å²) in [4.78, 5) is 32.7. The van der Waals surface area contributed by atoms with Gasteiger partial charge in [-0.3, -0.25) is 9.59 Å². The third kappa shape index (κ3) is 5.11. The van der Waals surface area contributed by atoms with Crippen molar-refractivity contribution in [1.29, 1.82) is 0 Å². The Kier molecular flexibility index (Phi) is 7.10. The van der Waals surface area contributed by atoms with Gasteiger partial charge in [-0.25, -0.2) is 4.98 Å². The number of benzene rings is 2. The molecule has 3 unspecified atom stereocenters. The Morgan fingerprint density at radius 1 is 1.05 bits per heavy atom. The van der Waals surface area contributed by atoms with Gasteiger partial charge in [-0.1, -0.05) is 48.0 Å². The molecule has 4 heterocycles. The van der Waals surface area contributed by atoms with E-state index < -0.39 is 16.4 Å². The monoisotopic (exact) mass is 590 g/mol. The number of piperidine rings is 1. The van der Waals surface area contributed by atoms with Gasteiger partial charge in [0.1, 0.15) is 28.2 Å². The number of thioether (sulfide) groups is 1. The number of Topliss-reactive ketones (excluding diaryl/α,β-unsaturated/α-hetero) is 1. The van der Waals surface area contributed by atoms with E-state index in [1.165, 1.54) is 23.1 Å². The first-order chi connectivity index (χ1) is 19.2. The molecule has 2 aromatic carbocycles. The van der Waals surface area contributed by atoms with Crippen LogP contribution in [0.3, 0.4) is 0 Å². The molecule has 0 bridgehead atoms.